The van der Waals surface area contributed by atoms with Crippen LogP contribution in [0.4, 0.5) is 15.8 Å². The molecule has 2 aromatic carbocycles. The highest BCUT2D eigenvalue weighted by Gasteiger charge is 2.11. The van der Waals surface area contributed by atoms with Gasteiger partial charge in [-0.25, -0.2) is 4.39 Å². The van der Waals surface area contributed by atoms with Gasteiger partial charge in [0.25, 0.3) is 5.91 Å². The second kappa shape index (κ2) is 7.21. The van der Waals surface area contributed by atoms with Crippen LogP contribution < -0.4 is 16.0 Å². The summed E-state index contributed by atoms with van der Waals surface area (Å²) in [6.07, 6.45) is 0. The Morgan fingerprint density at radius 2 is 1.73 bits per heavy atom. The minimum Gasteiger partial charge on any atom is -0.358 e. The van der Waals surface area contributed by atoms with Crippen LogP contribution in [0.15, 0.2) is 48.5 Å². The summed E-state index contributed by atoms with van der Waals surface area (Å²) < 4.78 is 12.9. The van der Waals surface area contributed by atoms with Gasteiger partial charge in [-0.1, -0.05) is 12.1 Å². The molecule has 0 heterocycles. The molecule has 2 rings (SSSR count). The van der Waals surface area contributed by atoms with E-state index in [0.29, 0.717) is 16.9 Å². The molecule has 3 N–H and O–H groups in total. The number of hydrogen-bond acceptors (Lipinski definition) is 3. The van der Waals surface area contributed by atoms with Crippen molar-refractivity contribution >= 4 is 23.2 Å². The van der Waals surface area contributed by atoms with Gasteiger partial charge >= 0.3 is 0 Å². The van der Waals surface area contributed by atoms with E-state index in [1.165, 1.54) is 19.2 Å². The topological polar surface area (TPSA) is 70.2 Å². The lowest BCUT2D eigenvalue weighted by Crippen LogP contribution is -2.35. The maximum absolute atomic E-state index is 12.9. The van der Waals surface area contributed by atoms with Crippen molar-refractivity contribution in [1.29, 1.82) is 0 Å². The summed E-state index contributed by atoms with van der Waals surface area (Å²) >= 11 is 0. The third-order valence-corrected chi connectivity index (χ3v) is 2.98. The summed E-state index contributed by atoms with van der Waals surface area (Å²) in [5.41, 5.74) is 1.63. The van der Waals surface area contributed by atoms with Crippen LogP contribution in [-0.4, -0.2) is 25.4 Å². The Balaban J connectivity index is 2.14. The van der Waals surface area contributed by atoms with Crippen LogP contribution in [0.1, 0.15) is 10.4 Å². The second-order valence-electron chi connectivity index (χ2n) is 4.53. The van der Waals surface area contributed by atoms with E-state index in [2.05, 4.69) is 16.0 Å². The summed E-state index contributed by atoms with van der Waals surface area (Å²) in [7, 11) is 1.50. The Kier molecular flexibility index (Phi) is 5.08. The Labute approximate surface area is 127 Å². The summed E-state index contributed by atoms with van der Waals surface area (Å²) in [5, 5.41) is 8.01. The normalized spacial score (nSPS) is 9.91. The highest BCUT2D eigenvalue weighted by atomic mass is 19.1. The van der Waals surface area contributed by atoms with Gasteiger partial charge in [0, 0.05) is 12.7 Å². The van der Waals surface area contributed by atoms with Crippen LogP contribution in [0.5, 0.6) is 0 Å². The predicted octanol–water partition coefficient (Wildman–Crippen LogP) is 2.05. The Morgan fingerprint density at radius 1 is 1.05 bits per heavy atom. The molecule has 0 radical (unpaired) electrons. The van der Waals surface area contributed by atoms with Crippen molar-refractivity contribution < 1.29 is 14.0 Å². The largest absolute Gasteiger partial charge is 0.358 e. The van der Waals surface area contributed by atoms with Crippen molar-refractivity contribution in [3.05, 3.63) is 59.9 Å². The van der Waals surface area contributed by atoms with Gasteiger partial charge in [-0.05, 0) is 36.4 Å². The zero-order chi connectivity index (χ0) is 15.9. The predicted molar refractivity (Wildman–Crippen MR) is 82.5 cm³/mol. The monoisotopic (exact) mass is 301 g/mol. The van der Waals surface area contributed by atoms with Crippen LogP contribution in [0.25, 0.3) is 0 Å². The number of anilines is 2. The molecule has 0 aliphatic carbocycles. The molecule has 0 saturated heterocycles. The van der Waals surface area contributed by atoms with E-state index in [0.717, 1.165) is 0 Å². The highest BCUT2D eigenvalue weighted by molar-refractivity contribution is 6.01. The van der Waals surface area contributed by atoms with Crippen molar-refractivity contribution in [3.8, 4) is 0 Å². The third kappa shape index (κ3) is 4.05. The number of rotatable bonds is 5. The minimum absolute atomic E-state index is 0.0970. The van der Waals surface area contributed by atoms with Gasteiger partial charge in [-0.15, -0.1) is 0 Å². The number of nitrogens with one attached hydrogen (secondary N) is 3. The van der Waals surface area contributed by atoms with Crippen LogP contribution in [0.2, 0.25) is 0 Å². The van der Waals surface area contributed by atoms with Crippen molar-refractivity contribution in [3.63, 3.8) is 0 Å². The van der Waals surface area contributed by atoms with E-state index in [1.54, 1.807) is 36.4 Å². The lowest BCUT2D eigenvalue weighted by atomic mass is 10.1. The van der Waals surface area contributed by atoms with Gasteiger partial charge in [0.05, 0.1) is 17.8 Å². The molecule has 2 amide bonds. The fraction of sp³-hybridized carbons (Fsp3) is 0.125. The van der Waals surface area contributed by atoms with Crippen LogP contribution in [0.3, 0.4) is 0 Å². The number of hydrogen-bond donors (Lipinski definition) is 3. The van der Waals surface area contributed by atoms with E-state index >= 15 is 0 Å². The van der Waals surface area contributed by atoms with Crippen molar-refractivity contribution in [2.24, 2.45) is 0 Å². The number of halogens is 1. The Morgan fingerprint density at radius 3 is 2.41 bits per heavy atom. The van der Waals surface area contributed by atoms with Crippen LogP contribution in [-0.2, 0) is 4.79 Å². The first kappa shape index (κ1) is 15.5. The molecule has 0 spiro atoms. The average molecular weight is 301 g/mol. The zero-order valence-corrected chi connectivity index (χ0v) is 12.0. The quantitative estimate of drug-likeness (QED) is 0.791. The molecule has 0 aliphatic rings. The molecule has 114 valence electrons. The summed E-state index contributed by atoms with van der Waals surface area (Å²) in [5.74, 6) is -0.978. The number of amides is 2. The first-order valence-electron chi connectivity index (χ1n) is 6.70. The molecule has 2 aromatic rings. The van der Waals surface area contributed by atoms with E-state index < -0.39 is 0 Å². The van der Waals surface area contributed by atoms with Gasteiger partial charge in [0.2, 0.25) is 5.91 Å². The minimum atomic E-state index is -0.367. The van der Waals surface area contributed by atoms with Crippen molar-refractivity contribution in [2.75, 3.05) is 18.9 Å². The zero-order valence-electron chi connectivity index (χ0n) is 12.0. The molecule has 0 aliphatic heterocycles. The van der Waals surface area contributed by atoms with Crippen LogP contribution in [0, 0.1) is 5.82 Å². The summed E-state index contributed by atoms with van der Waals surface area (Å²) in [4.78, 5) is 23.3. The van der Waals surface area contributed by atoms with Gasteiger partial charge in [-0.3, -0.25) is 9.59 Å². The smallest absolute Gasteiger partial charge is 0.253 e. The molecule has 0 atom stereocenters. The molecule has 22 heavy (non-hydrogen) atoms. The maximum Gasteiger partial charge on any atom is 0.253 e. The second-order valence-corrected chi connectivity index (χ2v) is 4.53. The number of likely N-dealkylation sites (N-methyl/N-ethyl adjacent to an activating group) is 1. The van der Waals surface area contributed by atoms with Crippen molar-refractivity contribution in [2.45, 2.75) is 0 Å². The van der Waals surface area contributed by atoms with Gasteiger partial charge in [-0.2, -0.15) is 0 Å². The maximum atomic E-state index is 12.9. The molecular formula is C16H16FN3O2. The van der Waals surface area contributed by atoms with E-state index in [9.17, 15) is 14.0 Å². The van der Waals surface area contributed by atoms with Gasteiger partial charge < -0.3 is 16.0 Å². The van der Waals surface area contributed by atoms with Crippen molar-refractivity contribution in [1.82, 2.24) is 10.6 Å². The fourth-order valence-corrected chi connectivity index (χ4v) is 1.82. The number of para-hydroxylation sites is 1. The van der Waals surface area contributed by atoms with Crippen LogP contribution >= 0.6 is 0 Å². The van der Waals surface area contributed by atoms with Gasteiger partial charge in [0.1, 0.15) is 5.82 Å². The molecule has 0 fully saturated rings. The Bertz CT molecular complexity index is 671. The Hall–Kier alpha value is -2.89. The molecule has 6 heteroatoms. The standard InChI is InChI=1S/C16H16FN3O2/c1-18-15(21)10-19-16(22)13-4-2-3-5-14(13)20-12-8-6-11(17)7-9-12/h2-9,20H,10H2,1H3,(H,18,21)(H,19,22). The lowest BCUT2D eigenvalue weighted by molar-refractivity contribution is -0.119. The number of carbonyl (C=O) groups is 2. The van der Waals surface area contributed by atoms with E-state index in [4.69, 9.17) is 0 Å². The fourth-order valence-electron chi connectivity index (χ4n) is 1.82. The lowest BCUT2D eigenvalue weighted by Gasteiger charge is -2.12. The third-order valence-electron chi connectivity index (χ3n) is 2.98. The summed E-state index contributed by atoms with van der Waals surface area (Å²) in [6.45, 7) is -0.0970. The van der Waals surface area contributed by atoms with Gasteiger partial charge in [0.15, 0.2) is 0 Å². The molecule has 0 unspecified atom stereocenters. The molecule has 0 aromatic heterocycles. The first-order chi connectivity index (χ1) is 10.6. The first-order valence-corrected chi connectivity index (χ1v) is 6.70. The van der Waals surface area contributed by atoms with E-state index in [1.807, 2.05) is 0 Å². The SMILES string of the molecule is CNC(=O)CNC(=O)c1ccccc1Nc1ccc(F)cc1. The molecule has 5 nitrogen and oxygen atoms in total. The molecule has 0 saturated carbocycles. The average Bonchev–Trinajstić information content (AvgIpc) is 2.55. The molecule has 0 bridgehead atoms. The summed E-state index contributed by atoms with van der Waals surface area (Å²) in [6, 6.07) is 12.7. The highest BCUT2D eigenvalue weighted by Crippen LogP contribution is 2.21. The van der Waals surface area contributed by atoms with E-state index in [-0.39, 0.29) is 24.2 Å². The number of carbonyl (C=O) groups excluding carboxylic acids is 2. The molecular weight excluding hydrogens is 285 g/mol. The number of benzene rings is 2.